The number of halogens is 2. The Morgan fingerprint density at radius 3 is 2.55 bits per heavy atom. The number of anilines is 1. The van der Waals surface area contributed by atoms with Gasteiger partial charge in [0.1, 0.15) is 19.0 Å². The van der Waals surface area contributed by atoms with Crippen molar-refractivity contribution in [3.63, 3.8) is 0 Å². The van der Waals surface area contributed by atoms with Crippen LogP contribution in [0.15, 0.2) is 65.6 Å². The highest BCUT2D eigenvalue weighted by Crippen LogP contribution is 2.33. The molecule has 1 amide bonds. The Bertz CT molecular complexity index is 1300. The number of benzene rings is 3. The molecule has 1 heterocycles. The molecule has 0 saturated carbocycles. The third kappa shape index (κ3) is 5.04. The summed E-state index contributed by atoms with van der Waals surface area (Å²) < 4.78 is 53.1. The molecule has 0 aromatic heterocycles. The van der Waals surface area contributed by atoms with Gasteiger partial charge in [-0.2, -0.15) is 0 Å². The number of fused-ring (bicyclic) bond motifs is 1. The second-order valence-electron chi connectivity index (χ2n) is 7.35. The Kier molecular flexibility index (Phi) is 6.44. The normalized spacial score (nSPS) is 12.8. The van der Waals surface area contributed by atoms with Crippen LogP contribution in [0.2, 0.25) is 5.02 Å². The Morgan fingerprint density at radius 2 is 1.79 bits per heavy atom. The number of carbonyl (C=O) groups is 1. The summed E-state index contributed by atoms with van der Waals surface area (Å²) in [5.74, 6) is -0.106. The summed E-state index contributed by atoms with van der Waals surface area (Å²) in [4.78, 5) is 14.2. The third-order valence-electron chi connectivity index (χ3n) is 4.99. The van der Waals surface area contributed by atoms with Crippen molar-refractivity contribution >= 4 is 33.2 Å². The van der Waals surface area contributed by atoms with Gasteiger partial charge in [0.15, 0.2) is 11.5 Å². The average molecular weight is 491 g/mol. The molecule has 1 aliphatic heterocycles. The minimum absolute atomic E-state index is 0.00482. The molecule has 10 heteroatoms. The van der Waals surface area contributed by atoms with Crippen LogP contribution in [0.25, 0.3) is 0 Å². The number of ether oxygens (including phenoxy) is 2. The van der Waals surface area contributed by atoms with Crippen molar-refractivity contribution in [1.82, 2.24) is 4.90 Å². The van der Waals surface area contributed by atoms with Crippen molar-refractivity contribution < 1.29 is 27.1 Å². The lowest BCUT2D eigenvalue weighted by atomic mass is 10.1. The molecular weight excluding hydrogens is 471 g/mol. The van der Waals surface area contributed by atoms with Gasteiger partial charge >= 0.3 is 0 Å². The van der Waals surface area contributed by atoms with Crippen LogP contribution in [0.4, 0.5) is 10.1 Å². The maximum atomic E-state index is 14.1. The topological polar surface area (TPSA) is 84.9 Å². The highest BCUT2D eigenvalue weighted by Gasteiger charge is 2.21. The van der Waals surface area contributed by atoms with Crippen molar-refractivity contribution in [2.45, 2.75) is 11.4 Å². The maximum Gasteiger partial charge on any atom is 0.262 e. The zero-order chi connectivity index (χ0) is 23.6. The lowest BCUT2D eigenvalue weighted by Crippen LogP contribution is -2.27. The molecule has 7 nitrogen and oxygen atoms in total. The molecule has 0 atom stereocenters. The van der Waals surface area contributed by atoms with Crippen molar-refractivity contribution in [3.8, 4) is 11.5 Å². The minimum Gasteiger partial charge on any atom is -0.486 e. The van der Waals surface area contributed by atoms with E-state index in [4.69, 9.17) is 21.1 Å². The summed E-state index contributed by atoms with van der Waals surface area (Å²) in [6, 6.07) is 14.7. The molecule has 0 bridgehead atoms. The molecule has 172 valence electrons. The van der Waals surface area contributed by atoms with Crippen molar-refractivity contribution in [2.24, 2.45) is 0 Å². The van der Waals surface area contributed by atoms with Gasteiger partial charge in [-0.05, 0) is 42.5 Å². The highest BCUT2D eigenvalue weighted by molar-refractivity contribution is 7.92. The van der Waals surface area contributed by atoms with Gasteiger partial charge in [-0.15, -0.1) is 0 Å². The van der Waals surface area contributed by atoms with E-state index in [1.807, 2.05) is 0 Å². The molecule has 3 aromatic carbocycles. The lowest BCUT2D eigenvalue weighted by molar-refractivity contribution is 0.0784. The molecule has 0 spiro atoms. The second kappa shape index (κ2) is 9.29. The monoisotopic (exact) mass is 490 g/mol. The van der Waals surface area contributed by atoms with Gasteiger partial charge in [0.25, 0.3) is 15.9 Å². The van der Waals surface area contributed by atoms with E-state index in [0.717, 1.165) is 0 Å². The van der Waals surface area contributed by atoms with Gasteiger partial charge in [-0.3, -0.25) is 9.52 Å². The quantitative estimate of drug-likeness (QED) is 0.556. The van der Waals surface area contributed by atoms with E-state index in [9.17, 15) is 17.6 Å². The summed E-state index contributed by atoms with van der Waals surface area (Å²) in [6.07, 6.45) is 0. The first-order chi connectivity index (χ1) is 15.7. The summed E-state index contributed by atoms with van der Waals surface area (Å²) in [5, 5.41) is 0.218. The average Bonchev–Trinajstić information content (AvgIpc) is 2.80. The predicted molar refractivity (Wildman–Crippen MR) is 122 cm³/mol. The zero-order valence-electron chi connectivity index (χ0n) is 17.5. The molecule has 1 N–H and O–H groups in total. The number of amides is 1. The fourth-order valence-electron chi connectivity index (χ4n) is 3.33. The van der Waals surface area contributed by atoms with Crippen LogP contribution >= 0.6 is 11.6 Å². The van der Waals surface area contributed by atoms with Crippen molar-refractivity contribution in [3.05, 3.63) is 82.6 Å². The molecule has 0 unspecified atom stereocenters. The van der Waals surface area contributed by atoms with E-state index in [2.05, 4.69) is 4.72 Å². The molecule has 0 saturated heterocycles. The third-order valence-corrected chi connectivity index (χ3v) is 6.72. The Balaban J connectivity index is 1.52. The predicted octanol–water partition coefficient (Wildman–Crippen LogP) is 4.32. The first-order valence-electron chi connectivity index (χ1n) is 9.95. The number of sulfonamides is 1. The van der Waals surface area contributed by atoms with E-state index < -0.39 is 21.7 Å². The molecule has 0 fully saturated rings. The van der Waals surface area contributed by atoms with Gasteiger partial charge in [-0.25, -0.2) is 12.8 Å². The molecular formula is C23H20ClFN2O5S. The van der Waals surface area contributed by atoms with Gasteiger partial charge in [-0.1, -0.05) is 23.7 Å². The van der Waals surface area contributed by atoms with E-state index in [1.165, 1.54) is 54.4 Å². The Morgan fingerprint density at radius 1 is 1.06 bits per heavy atom. The molecule has 0 radical (unpaired) electrons. The Labute approximate surface area is 195 Å². The smallest absolute Gasteiger partial charge is 0.262 e. The first-order valence-corrected chi connectivity index (χ1v) is 11.8. The maximum absolute atomic E-state index is 14.1. The van der Waals surface area contributed by atoms with Crippen LogP contribution in [0, 0.1) is 5.82 Å². The van der Waals surface area contributed by atoms with Crippen LogP contribution in [-0.2, 0) is 16.6 Å². The summed E-state index contributed by atoms with van der Waals surface area (Å²) >= 11 is 6.05. The van der Waals surface area contributed by atoms with Crippen molar-refractivity contribution in [1.29, 1.82) is 0 Å². The van der Waals surface area contributed by atoms with E-state index in [0.29, 0.717) is 24.7 Å². The lowest BCUT2D eigenvalue weighted by Gasteiger charge is -2.20. The van der Waals surface area contributed by atoms with Crippen LogP contribution in [0.3, 0.4) is 0 Å². The van der Waals surface area contributed by atoms with E-state index in [1.54, 1.807) is 18.2 Å². The number of nitrogens with zero attached hydrogens (tertiary/aromatic N) is 1. The first kappa shape index (κ1) is 22.9. The second-order valence-corrected chi connectivity index (χ2v) is 9.44. The van der Waals surface area contributed by atoms with Gasteiger partial charge in [0.2, 0.25) is 0 Å². The van der Waals surface area contributed by atoms with Crippen LogP contribution in [0.5, 0.6) is 11.5 Å². The highest BCUT2D eigenvalue weighted by atomic mass is 35.5. The largest absolute Gasteiger partial charge is 0.486 e. The molecule has 3 aromatic rings. The Hall–Kier alpha value is -3.30. The summed E-state index contributed by atoms with van der Waals surface area (Å²) in [7, 11) is -2.44. The SMILES string of the molecule is CN(Cc1c(F)cccc1Cl)C(=O)c1cccc(NS(=O)(=O)c2ccc3c(c2)OCCO3)c1. The fourth-order valence-corrected chi connectivity index (χ4v) is 4.62. The van der Waals surface area contributed by atoms with E-state index in [-0.39, 0.29) is 33.3 Å². The van der Waals surface area contributed by atoms with Crippen LogP contribution < -0.4 is 14.2 Å². The number of carbonyl (C=O) groups excluding carboxylic acids is 1. The minimum atomic E-state index is -3.95. The standard InChI is InChI=1S/C23H20ClFN2O5S/c1-27(14-18-19(24)6-3-7-20(18)25)23(28)15-4-2-5-16(12-15)26-33(29,30)17-8-9-21-22(13-17)32-11-10-31-21/h2-9,12-13,26H,10-11,14H2,1H3. The number of rotatable bonds is 6. The molecule has 0 aliphatic carbocycles. The van der Waals surface area contributed by atoms with Gasteiger partial charge < -0.3 is 14.4 Å². The van der Waals surface area contributed by atoms with Gasteiger partial charge in [0, 0.05) is 41.5 Å². The zero-order valence-corrected chi connectivity index (χ0v) is 19.1. The summed E-state index contributed by atoms with van der Waals surface area (Å²) in [6.45, 7) is 0.687. The molecule has 33 heavy (non-hydrogen) atoms. The molecule has 1 aliphatic rings. The molecule has 4 rings (SSSR count). The number of nitrogens with one attached hydrogen (secondary N) is 1. The van der Waals surface area contributed by atoms with Crippen molar-refractivity contribution in [2.75, 3.05) is 25.0 Å². The fraction of sp³-hybridized carbons (Fsp3) is 0.174. The van der Waals surface area contributed by atoms with E-state index >= 15 is 0 Å². The van der Waals surface area contributed by atoms with Crippen LogP contribution in [-0.4, -0.2) is 39.5 Å². The number of hydrogen-bond donors (Lipinski definition) is 1. The van der Waals surface area contributed by atoms with Crippen LogP contribution in [0.1, 0.15) is 15.9 Å². The van der Waals surface area contributed by atoms with Gasteiger partial charge in [0.05, 0.1) is 4.90 Å². The summed E-state index contributed by atoms with van der Waals surface area (Å²) in [5.41, 5.74) is 0.630. The number of hydrogen-bond acceptors (Lipinski definition) is 5.